The molecule has 1 aliphatic heterocycles. The molecule has 0 N–H and O–H groups in total. The van der Waals surface area contributed by atoms with Crippen molar-refractivity contribution in [3.05, 3.63) is 214 Å². The maximum Gasteiger partial charge on any atom is 0.145 e. The number of para-hydroxylation sites is 1. The van der Waals surface area contributed by atoms with Crippen LogP contribution in [-0.2, 0) is 5.41 Å². The zero-order valence-electron chi connectivity index (χ0n) is 42.5. The minimum atomic E-state index is -0.0377. The van der Waals surface area contributed by atoms with Crippen LogP contribution in [0.1, 0.15) is 130 Å². The summed E-state index contributed by atoms with van der Waals surface area (Å²) < 4.78 is 4.87. The van der Waals surface area contributed by atoms with E-state index in [1.807, 2.05) is 6.20 Å². The van der Waals surface area contributed by atoms with Gasteiger partial charge < -0.3 is 9.47 Å². The molecule has 70 heavy (non-hydrogen) atoms. The van der Waals surface area contributed by atoms with Crippen molar-refractivity contribution in [1.82, 2.24) is 14.1 Å². The van der Waals surface area contributed by atoms with Gasteiger partial charge in [-0.15, -0.1) is 0 Å². The number of anilines is 1. The van der Waals surface area contributed by atoms with Crippen LogP contribution in [0.3, 0.4) is 0 Å². The van der Waals surface area contributed by atoms with Gasteiger partial charge in [-0.2, -0.15) is 0 Å². The first-order valence-corrected chi connectivity index (χ1v) is 25.4. The Hall–Kier alpha value is -7.24. The molecule has 0 fully saturated rings. The number of hydrogen-bond acceptors (Lipinski definition) is 3. The van der Waals surface area contributed by atoms with Crippen LogP contribution in [0.2, 0.25) is 0 Å². The number of aryl methyl sites for hydroxylation is 1. The largest absolute Gasteiger partial charge is 0.323 e. The molecule has 0 amide bonds. The quantitative estimate of drug-likeness (QED) is 0.137. The standard InChI is InChI=1S/C65H65N5/c1-40(2)46-34-47(63-67-57(61(44-19-13-11-14-20-44)45-21-15-12-16-22-45)39-68(63)62-51(41(3)4)23-17-24-52(62)42(5)6)36-50(35-46)69-58-30-26-43(7)33-55(58)53-29-28-49(38-60(53)69)70-59-31-27-48(65(8,9)10)37-56(59)54-25-18-32-66-64(54)70/h11-38,40-42,57,61H,39H2,1-10H3/t57-/m0/s1. The second kappa shape index (κ2) is 17.6. The molecule has 1 atom stereocenters. The molecule has 11 rings (SSSR count). The molecule has 0 bridgehead atoms. The molecule has 350 valence electrons. The smallest absolute Gasteiger partial charge is 0.145 e. The SMILES string of the molecule is Cc1ccc2c(c1)c1ccc(-n3c4ccc(C(C)(C)C)cc4c4cccnc43)cc1n2-c1cc(C2=N[C@H](C(c3ccccc3)c3ccccc3)CN2c2c(C(C)C)cccc2C(C)C)cc(C(C)C)c1. The first kappa shape index (κ1) is 45.2. The number of fused-ring (bicyclic) bond motifs is 6. The summed E-state index contributed by atoms with van der Waals surface area (Å²) >= 11 is 0. The van der Waals surface area contributed by atoms with E-state index in [1.165, 1.54) is 66.3 Å². The van der Waals surface area contributed by atoms with Gasteiger partial charge in [-0.05, 0) is 130 Å². The summed E-state index contributed by atoms with van der Waals surface area (Å²) in [6.07, 6.45) is 1.92. The van der Waals surface area contributed by atoms with E-state index in [-0.39, 0.29) is 23.3 Å². The van der Waals surface area contributed by atoms with Crippen LogP contribution in [0.5, 0.6) is 0 Å². The zero-order chi connectivity index (χ0) is 48.6. The van der Waals surface area contributed by atoms with Gasteiger partial charge in [-0.3, -0.25) is 9.56 Å². The summed E-state index contributed by atoms with van der Waals surface area (Å²) in [6, 6.07) is 61.4. The highest BCUT2D eigenvalue weighted by Crippen LogP contribution is 2.43. The predicted octanol–water partition coefficient (Wildman–Crippen LogP) is 16.7. The number of aromatic nitrogens is 3. The lowest BCUT2D eigenvalue weighted by Crippen LogP contribution is -2.33. The number of benzene rings is 7. The summed E-state index contributed by atoms with van der Waals surface area (Å²) in [6.45, 7) is 23.8. The first-order chi connectivity index (χ1) is 33.7. The molecule has 1 aliphatic rings. The second-order valence-electron chi connectivity index (χ2n) is 21.7. The number of aliphatic imine (C=N–C) groups is 1. The van der Waals surface area contributed by atoms with Crippen LogP contribution in [0.4, 0.5) is 5.69 Å². The predicted molar refractivity (Wildman–Crippen MR) is 297 cm³/mol. The number of nitrogens with zero attached hydrogens (tertiary/aromatic N) is 5. The third kappa shape index (κ3) is 7.80. The number of rotatable bonds is 10. The van der Waals surface area contributed by atoms with Gasteiger partial charge in [0.1, 0.15) is 11.5 Å². The lowest BCUT2D eigenvalue weighted by Gasteiger charge is -2.31. The van der Waals surface area contributed by atoms with Gasteiger partial charge in [0.15, 0.2) is 0 Å². The molecule has 0 unspecified atom stereocenters. The molecule has 3 aromatic heterocycles. The Balaban J connectivity index is 1.16. The van der Waals surface area contributed by atoms with E-state index < -0.39 is 0 Å². The van der Waals surface area contributed by atoms with Crippen molar-refractivity contribution in [1.29, 1.82) is 0 Å². The Morgan fingerprint density at radius 1 is 0.514 bits per heavy atom. The second-order valence-corrected chi connectivity index (χ2v) is 21.7. The Morgan fingerprint density at radius 3 is 1.83 bits per heavy atom. The number of amidine groups is 1. The van der Waals surface area contributed by atoms with Crippen LogP contribution in [0, 0.1) is 6.92 Å². The molecule has 7 aromatic carbocycles. The highest BCUT2D eigenvalue weighted by molar-refractivity contribution is 6.14. The van der Waals surface area contributed by atoms with E-state index in [4.69, 9.17) is 9.98 Å². The van der Waals surface area contributed by atoms with E-state index in [1.54, 1.807) is 0 Å². The van der Waals surface area contributed by atoms with Crippen molar-refractivity contribution in [3.8, 4) is 11.4 Å². The average Bonchev–Trinajstić information content (AvgIpc) is 4.04. The highest BCUT2D eigenvalue weighted by Gasteiger charge is 2.37. The molecule has 10 aromatic rings. The van der Waals surface area contributed by atoms with Gasteiger partial charge in [-0.1, -0.05) is 165 Å². The lowest BCUT2D eigenvalue weighted by molar-refractivity contribution is 0.591. The van der Waals surface area contributed by atoms with E-state index in [0.717, 1.165) is 51.4 Å². The molecular formula is C65H65N5. The van der Waals surface area contributed by atoms with Gasteiger partial charge >= 0.3 is 0 Å². The zero-order valence-corrected chi connectivity index (χ0v) is 42.5. The fraction of sp³-hybridized carbons (Fsp3) is 0.262. The molecular weight excluding hydrogens is 851 g/mol. The summed E-state index contributed by atoms with van der Waals surface area (Å²) in [5.74, 6) is 2.02. The molecule has 0 spiro atoms. The lowest BCUT2D eigenvalue weighted by atomic mass is 9.85. The maximum absolute atomic E-state index is 5.98. The minimum Gasteiger partial charge on any atom is -0.323 e. The summed E-state index contributed by atoms with van der Waals surface area (Å²) in [5.41, 5.74) is 18.3. The van der Waals surface area contributed by atoms with Gasteiger partial charge in [-0.25, -0.2) is 4.98 Å². The van der Waals surface area contributed by atoms with Crippen LogP contribution in [0.25, 0.3) is 55.1 Å². The molecule has 5 nitrogen and oxygen atoms in total. The maximum atomic E-state index is 5.98. The van der Waals surface area contributed by atoms with Crippen LogP contribution >= 0.6 is 0 Å². The van der Waals surface area contributed by atoms with Crippen molar-refractivity contribution < 1.29 is 0 Å². The fourth-order valence-corrected chi connectivity index (χ4v) is 11.3. The van der Waals surface area contributed by atoms with E-state index in [0.29, 0.717) is 11.8 Å². The Bertz CT molecular complexity index is 3550. The van der Waals surface area contributed by atoms with Crippen molar-refractivity contribution in [3.63, 3.8) is 0 Å². The van der Waals surface area contributed by atoms with Crippen LogP contribution in [0.15, 0.2) is 175 Å². The Kier molecular flexibility index (Phi) is 11.4. The van der Waals surface area contributed by atoms with E-state index >= 15 is 0 Å². The Morgan fingerprint density at radius 2 is 1.17 bits per heavy atom. The summed E-state index contributed by atoms with van der Waals surface area (Å²) in [7, 11) is 0. The van der Waals surface area contributed by atoms with E-state index in [2.05, 4.69) is 247 Å². The Labute approximate surface area is 414 Å². The van der Waals surface area contributed by atoms with Crippen LogP contribution < -0.4 is 4.90 Å². The van der Waals surface area contributed by atoms with Gasteiger partial charge in [0, 0.05) is 62.8 Å². The van der Waals surface area contributed by atoms with Gasteiger partial charge in [0.2, 0.25) is 0 Å². The molecule has 4 heterocycles. The fourth-order valence-electron chi connectivity index (χ4n) is 11.3. The van der Waals surface area contributed by atoms with Crippen molar-refractivity contribution in [2.24, 2.45) is 4.99 Å². The molecule has 0 saturated heterocycles. The molecule has 0 radical (unpaired) electrons. The molecule has 0 saturated carbocycles. The minimum absolute atomic E-state index is 0.0220. The van der Waals surface area contributed by atoms with Crippen molar-refractivity contribution in [2.75, 3.05) is 11.4 Å². The normalized spacial score (nSPS) is 14.5. The van der Waals surface area contributed by atoms with Gasteiger partial charge in [0.25, 0.3) is 0 Å². The highest BCUT2D eigenvalue weighted by atomic mass is 15.3. The summed E-state index contributed by atoms with van der Waals surface area (Å²) in [5, 5.41) is 4.86. The van der Waals surface area contributed by atoms with Gasteiger partial charge in [0.05, 0.1) is 22.6 Å². The van der Waals surface area contributed by atoms with Crippen LogP contribution in [-0.4, -0.2) is 32.5 Å². The molecule has 0 aliphatic carbocycles. The van der Waals surface area contributed by atoms with Crippen molar-refractivity contribution >= 4 is 55.3 Å². The number of pyridine rings is 1. The average molecular weight is 916 g/mol. The van der Waals surface area contributed by atoms with Crippen molar-refractivity contribution in [2.45, 2.75) is 104 Å². The summed E-state index contributed by atoms with van der Waals surface area (Å²) in [4.78, 5) is 13.6. The first-order valence-electron chi connectivity index (χ1n) is 25.4. The third-order valence-electron chi connectivity index (χ3n) is 14.9. The topological polar surface area (TPSA) is 38.4 Å². The molecule has 5 heteroatoms. The van der Waals surface area contributed by atoms with E-state index in [9.17, 15) is 0 Å². The number of hydrogen-bond donors (Lipinski definition) is 0. The third-order valence-corrected chi connectivity index (χ3v) is 14.9. The monoisotopic (exact) mass is 916 g/mol.